The van der Waals surface area contributed by atoms with E-state index in [9.17, 15) is 5.21 Å². The fraction of sp³-hybridized carbons (Fsp3) is 0.714. The molecule has 0 aliphatic rings. The van der Waals surface area contributed by atoms with Gasteiger partial charge in [-0.05, 0) is 12.8 Å². The van der Waals surface area contributed by atoms with Gasteiger partial charge in [-0.3, -0.25) is 0 Å². The lowest BCUT2D eigenvalue weighted by Crippen LogP contribution is -2.37. The van der Waals surface area contributed by atoms with E-state index in [1.165, 1.54) is 64.2 Å². The summed E-state index contributed by atoms with van der Waals surface area (Å²) in [4.78, 5) is 0. The van der Waals surface area contributed by atoms with Gasteiger partial charge in [0.15, 0.2) is 0 Å². The van der Waals surface area contributed by atoms with Gasteiger partial charge in [0.05, 0.1) is 13.6 Å². The zero-order chi connectivity index (χ0) is 16.8. The van der Waals surface area contributed by atoms with Crippen LogP contribution in [0.4, 0.5) is 0 Å². The van der Waals surface area contributed by atoms with E-state index >= 15 is 0 Å². The number of hydrogen-bond acceptors (Lipinski definition) is 1. The van der Waals surface area contributed by atoms with Crippen molar-refractivity contribution < 1.29 is 4.65 Å². The first-order chi connectivity index (χ1) is 11.1. The third-order valence-corrected chi connectivity index (χ3v) is 4.59. The fourth-order valence-electron chi connectivity index (χ4n) is 3.16. The van der Waals surface area contributed by atoms with Crippen LogP contribution in [-0.2, 0) is 6.54 Å². The molecule has 1 rings (SSSR count). The molecule has 0 N–H and O–H groups in total. The molecular weight excluding hydrogens is 282 g/mol. The molecule has 0 aliphatic carbocycles. The van der Waals surface area contributed by atoms with Crippen LogP contribution < -0.4 is 0 Å². The number of hydroxylamine groups is 3. The molecule has 0 fully saturated rings. The van der Waals surface area contributed by atoms with Gasteiger partial charge in [0.1, 0.15) is 6.54 Å². The third-order valence-electron chi connectivity index (χ3n) is 4.59. The second kappa shape index (κ2) is 12.5. The Kier molecular flexibility index (Phi) is 11.0. The van der Waals surface area contributed by atoms with Gasteiger partial charge in [-0.1, -0.05) is 95.0 Å². The standard InChI is InChI=1S/C21H37NO/c1-3-4-5-6-7-8-9-10-11-12-16-19-22(2,23)20-21-17-14-13-15-18-21/h13-15,17-18H,3-12,16,19-20H2,1-2H3. The van der Waals surface area contributed by atoms with Crippen LogP contribution in [0.15, 0.2) is 30.3 Å². The fourth-order valence-corrected chi connectivity index (χ4v) is 3.16. The first-order valence-corrected chi connectivity index (χ1v) is 9.73. The summed E-state index contributed by atoms with van der Waals surface area (Å²) in [5.74, 6) is 0. The molecule has 1 aromatic rings. The maximum atomic E-state index is 12.5. The number of benzene rings is 1. The van der Waals surface area contributed by atoms with Crippen LogP contribution >= 0.6 is 0 Å². The zero-order valence-electron chi connectivity index (χ0n) is 15.4. The van der Waals surface area contributed by atoms with E-state index in [1.54, 1.807) is 0 Å². The average molecular weight is 320 g/mol. The van der Waals surface area contributed by atoms with Gasteiger partial charge in [-0.2, -0.15) is 0 Å². The highest BCUT2D eigenvalue weighted by atomic mass is 16.5. The average Bonchev–Trinajstić information content (AvgIpc) is 2.53. The molecule has 0 radical (unpaired) electrons. The summed E-state index contributed by atoms with van der Waals surface area (Å²) in [6.45, 7) is 3.61. The molecule has 23 heavy (non-hydrogen) atoms. The summed E-state index contributed by atoms with van der Waals surface area (Å²) in [7, 11) is 1.81. The molecular formula is C21H37NO. The molecule has 1 aromatic carbocycles. The molecule has 0 saturated carbocycles. The molecule has 132 valence electrons. The van der Waals surface area contributed by atoms with Crippen molar-refractivity contribution in [1.29, 1.82) is 0 Å². The first-order valence-electron chi connectivity index (χ1n) is 9.73. The largest absolute Gasteiger partial charge is 0.633 e. The van der Waals surface area contributed by atoms with E-state index in [4.69, 9.17) is 0 Å². The van der Waals surface area contributed by atoms with Gasteiger partial charge in [-0.25, -0.2) is 0 Å². The lowest BCUT2D eigenvalue weighted by Gasteiger charge is -2.38. The smallest absolute Gasteiger partial charge is 0.104 e. The molecule has 0 heterocycles. The van der Waals surface area contributed by atoms with Gasteiger partial charge >= 0.3 is 0 Å². The topological polar surface area (TPSA) is 23.1 Å². The van der Waals surface area contributed by atoms with E-state index in [0.717, 1.165) is 18.5 Å². The highest BCUT2D eigenvalue weighted by molar-refractivity contribution is 5.13. The number of rotatable bonds is 14. The summed E-state index contributed by atoms with van der Waals surface area (Å²) in [6.07, 6.45) is 14.6. The normalized spacial score (nSPS) is 13.9. The number of hydrogen-bond donors (Lipinski definition) is 0. The van der Waals surface area contributed by atoms with E-state index in [-0.39, 0.29) is 4.65 Å². The lowest BCUT2D eigenvalue weighted by molar-refractivity contribution is -0.874. The molecule has 1 atom stereocenters. The van der Waals surface area contributed by atoms with Gasteiger partial charge in [0.2, 0.25) is 0 Å². The molecule has 0 aromatic heterocycles. The Balaban J connectivity index is 1.95. The Labute approximate surface area is 144 Å². The van der Waals surface area contributed by atoms with Gasteiger partial charge in [0, 0.05) is 5.56 Å². The summed E-state index contributed by atoms with van der Waals surface area (Å²) in [5, 5.41) is 12.5. The van der Waals surface area contributed by atoms with Crippen molar-refractivity contribution in [3.63, 3.8) is 0 Å². The van der Waals surface area contributed by atoms with Crippen LogP contribution in [0.2, 0.25) is 0 Å². The SMILES string of the molecule is CCCCCCCCCCCCC[N+](C)([O-])Cc1ccccc1. The molecule has 0 amide bonds. The van der Waals surface area contributed by atoms with Crippen LogP contribution in [0.3, 0.4) is 0 Å². The maximum Gasteiger partial charge on any atom is 0.104 e. The van der Waals surface area contributed by atoms with Crippen LogP contribution in [0.25, 0.3) is 0 Å². The monoisotopic (exact) mass is 319 g/mol. The summed E-state index contributed by atoms with van der Waals surface area (Å²) in [5.41, 5.74) is 1.15. The molecule has 0 saturated heterocycles. The summed E-state index contributed by atoms with van der Waals surface area (Å²) in [6, 6.07) is 10.1. The van der Waals surface area contributed by atoms with E-state index in [1.807, 2.05) is 25.2 Å². The van der Waals surface area contributed by atoms with Crippen molar-refractivity contribution in [3.05, 3.63) is 41.1 Å². The van der Waals surface area contributed by atoms with Crippen LogP contribution in [0.5, 0.6) is 0 Å². The van der Waals surface area contributed by atoms with Crippen LogP contribution in [-0.4, -0.2) is 18.2 Å². The summed E-state index contributed by atoms with van der Waals surface area (Å²) >= 11 is 0. The van der Waals surface area contributed by atoms with Crippen LogP contribution in [0.1, 0.15) is 83.1 Å². The van der Waals surface area contributed by atoms with Crippen molar-refractivity contribution >= 4 is 0 Å². The molecule has 1 unspecified atom stereocenters. The van der Waals surface area contributed by atoms with E-state index in [0.29, 0.717) is 6.54 Å². The van der Waals surface area contributed by atoms with Crippen molar-refractivity contribution in [2.45, 2.75) is 84.1 Å². The Morgan fingerprint density at radius 3 is 1.74 bits per heavy atom. The third kappa shape index (κ3) is 11.3. The molecule has 2 nitrogen and oxygen atoms in total. The molecule has 2 heteroatoms. The van der Waals surface area contributed by atoms with Gasteiger partial charge < -0.3 is 9.85 Å². The van der Waals surface area contributed by atoms with E-state index in [2.05, 4.69) is 19.1 Å². The number of quaternary nitrogens is 1. The Morgan fingerprint density at radius 1 is 0.739 bits per heavy atom. The summed E-state index contributed by atoms with van der Waals surface area (Å²) < 4.78 is -0.137. The minimum atomic E-state index is -0.137. The number of unbranched alkanes of at least 4 members (excludes halogenated alkanes) is 10. The predicted molar refractivity (Wildman–Crippen MR) is 101 cm³/mol. The molecule has 0 spiro atoms. The predicted octanol–water partition coefficient (Wildman–Crippen LogP) is 6.44. The van der Waals surface area contributed by atoms with Crippen molar-refractivity contribution in [3.8, 4) is 0 Å². The van der Waals surface area contributed by atoms with Crippen molar-refractivity contribution in [1.82, 2.24) is 0 Å². The van der Waals surface area contributed by atoms with Gasteiger partial charge in [0.25, 0.3) is 0 Å². The second-order valence-corrected chi connectivity index (χ2v) is 7.20. The van der Waals surface area contributed by atoms with Gasteiger partial charge in [-0.15, -0.1) is 0 Å². The quantitative estimate of drug-likeness (QED) is 0.220. The minimum absolute atomic E-state index is 0.137. The Morgan fingerprint density at radius 2 is 1.22 bits per heavy atom. The maximum absolute atomic E-state index is 12.5. The second-order valence-electron chi connectivity index (χ2n) is 7.20. The Bertz CT molecular complexity index is 375. The molecule has 0 aliphatic heterocycles. The van der Waals surface area contributed by atoms with Crippen molar-refractivity contribution in [2.75, 3.05) is 13.6 Å². The van der Waals surface area contributed by atoms with Crippen LogP contribution in [0, 0.1) is 5.21 Å². The number of nitrogens with zero attached hydrogens (tertiary/aromatic N) is 1. The molecule has 0 bridgehead atoms. The lowest BCUT2D eigenvalue weighted by atomic mass is 10.1. The van der Waals surface area contributed by atoms with E-state index < -0.39 is 0 Å². The minimum Gasteiger partial charge on any atom is -0.633 e. The highest BCUT2D eigenvalue weighted by Gasteiger charge is 2.10. The zero-order valence-corrected chi connectivity index (χ0v) is 15.4. The Hall–Kier alpha value is -0.860. The highest BCUT2D eigenvalue weighted by Crippen LogP contribution is 2.14. The first kappa shape index (κ1) is 20.2. The van der Waals surface area contributed by atoms with Crippen molar-refractivity contribution in [2.24, 2.45) is 0 Å².